The highest BCUT2D eigenvalue weighted by Crippen LogP contribution is 2.26. The van der Waals surface area contributed by atoms with E-state index in [0.29, 0.717) is 0 Å². The Kier molecular flexibility index (Phi) is 5.65. The van der Waals surface area contributed by atoms with Crippen molar-refractivity contribution in [1.29, 1.82) is 0 Å². The third kappa shape index (κ3) is 4.15. The number of ether oxygens (including phenoxy) is 1. The van der Waals surface area contributed by atoms with Crippen LogP contribution in [0.1, 0.15) is 11.3 Å². The number of thiazole rings is 1. The zero-order chi connectivity index (χ0) is 17.8. The first-order valence-corrected chi connectivity index (χ1v) is 10.7. The van der Waals surface area contributed by atoms with Gasteiger partial charge in [0.05, 0.1) is 12.8 Å². The quantitative estimate of drug-likeness (QED) is 0.636. The molecule has 0 spiro atoms. The summed E-state index contributed by atoms with van der Waals surface area (Å²) in [6.45, 7) is 6.24. The number of hydrogen-bond donors (Lipinski definition) is 0. The number of aromatic nitrogens is 1. The van der Waals surface area contributed by atoms with Crippen LogP contribution < -0.4 is 4.74 Å². The van der Waals surface area contributed by atoms with E-state index in [1.165, 1.54) is 16.8 Å². The fraction of sp³-hybridized carbons (Fsp3) is 0.350. The van der Waals surface area contributed by atoms with Gasteiger partial charge >= 0.3 is 0 Å². The zero-order valence-corrected chi connectivity index (χ0v) is 16.6. The second-order valence-corrected chi connectivity index (χ2v) is 8.16. The summed E-state index contributed by atoms with van der Waals surface area (Å²) in [7, 11) is 1.75. The highest BCUT2D eigenvalue weighted by molar-refractivity contribution is 7.14. The predicted octanol–water partition coefficient (Wildman–Crippen LogP) is 4.20. The van der Waals surface area contributed by atoms with Crippen molar-refractivity contribution in [1.82, 2.24) is 14.8 Å². The van der Waals surface area contributed by atoms with Gasteiger partial charge in [-0.05, 0) is 17.5 Å². The first-order chi connectivity index (χ1) is 12.8. The molecule has 1 aromatic carbocycles. The van der Waals surface area contributed by atoms with Crippen LogP contribution >= 0.6 is 22.7 Å². The van der Waals surface area contributed by atoms with Crippen LogP contribution in [0.3, 0.4) is 0 Å². The summed E-state index contributed by atoms with van der Waals surface area (Å²) in [5, 5.41) is 7.61. The maximum Gasteiger partial charge on any atom is 0.124 e. The minimum absolute atomic E-state index is 0.948. The Morgan fingerprint density at radius 1 is 1.00 bits per heavy atom. The molecule has 1 aliphatic rings. The van der Waals surface area contributed by atoms with E-state index < -0.39 is 0 Å². The fourth-order valence-electron chi connectivity index (χ4n) is 3.31. The van der Waals surface area contributed by atoms with E-state index in [9.17, 15) is 0 Å². The lowest BCUT2D eigenvalue weighted by Gasteiger charge is -2.34. The van der Waals surface area contributed by atoms with Gasteiger partial charge in [-0.1, -0.05) is 18.2 Å². The summed E-state index contributed by atoms with van der Waals surface area (Å²) in [4.78, 5) is 9.82. The minimum atomic E-state index is 0.948. The molecule has 0 amide bonds. The van der Waals surface area contributed by atoms with Crippen LogP contribution in [-0.4, -0.2) is 48.1 Å². The second-order valence-electron chi connectivity index (χ2n) is 6.52. The number of methoxy groups -OCH3 is 1. The SMILES string of the molecule is COc1ccccc1CN1CCN(Cc2csc(-c3ccsc3)n2)CC1. The monoisotopic (exact) mass is 385 g/mol. The van der Waals surface area contributed by atoms with Crippen LogP contribution in [0.25, 0.3) is 10.6 Å². The maximum atomic E-state index is 5.48. The van der Waals surface area contributed by atoms with E-state index in [1.807, 2.05) is 12.1 Å². The molecule has 136 valence electrons. The fourth-order valence-corrected chi connectivity index (χ4v) is 4.83. The van der Waals surface area contributed by atoms with E-state index in [1.54, 1.807) is 29.8 Å². The molecular formula is C20H23N3OS2. The average molecular weight is 386 g/mol. The third-order valence-corrected chi connectivity index (χ3v) is 6.38. The van der Waals surface area contributed by atoms with Crippen molar-refractivity contribution in [3.05, 3.63) is 57.7 Å². The molecule has 0 aliphatic carbocycles. The van der Waals surface area contributed by atoms with Crippen LogP contribution in [-0.2, 0) is 13.1 Å². The van der Waals surface area contributed by atoms with Crippen molar-refractivity contribution < 1.29 is 4.74 Å². The van der Waals surface area contributed by atoms with Crippen molar-refractivity contribution >= 4 is 22.7 Å². The minimum Gasteiger partial charge on any atom is -0.496 e. The summed E-state index contributed by atoms with van der Waals surface area (Å²) in [6, 6.07) is 10.5. The Morgan fingerprint density at radius 2 is 1.77 bits per heavy atom. The summed E-state index contributed by atoms with van der Waals surface area (Å²) < 4.78 is 5.48. The molecular weight excluding hydrogens is 362 g/mol. The third-order valence-electron chi connectivity index (χ3n) is 4.76. The topological polar surface area (TPSA) is 28.6 Å². The molecule has 1 aliphatic heterocycles. The van der Waals surface area contributed by atoms with Crippen molar-refractivity contribution in [3.8, 4) is 16.3 Å². The van der Waals surface area contributed by atoms with E-state index in [4.69, 9.17) is 9.72 Å². The van der Waals surface area contributed by atoms with E-state index in [2.05, 4.69) is 44.1 Å². The molecule has 1 fully saturated rings. The van der Waals surface area contributed by atoms with Crippen molar-refractivity contribution in [2.24, 2.45) is 0 Å². The number of hydrogen-bond acceptors (Lipinski definition) is 6. The summed E-state index contributed by atoms with van der Waals surface area (Å²) in [5.41, 5.74) is 3.70. The number of piperazine rings is 1. The number of thiophene rings is 1. The molecule has 0 saturated carbocycles. The molecule has 26 heavy (non-hydrogen) atoms. The molecule has 4 nitrogen and oxygen atoms in total. The highest BCUT2D eigenvalue weighted by Gasteiger charge is 2.19. The first-order valence-electron chi connectivity index (χ1n) is 8.85. The van der Waals surface area contributed by atoms with Gasteiger partial charge in [-0.2, -0.15) is 11.3 Å². The van der Waals surface area contributed by atoms with Crippen LogP contribution in [0.2, 0.25) is 0 Å². The van der Waals surface area contributed by atoms with E-state index in [-0.39, 0.29) is 0 Å². The molecule has 0 bridgehead atoms. The lowest BCUT2D eigenvalue weighted by Crippen LogP contribution is -2.45. The molecule has 0 N–H and O–H groups in total. The maximum absolute atomic E-state index is 5.48. The smallest absolute Gasteiger partial charge is 0.124 e. The Morgan fingerprint density at radius 3 is 2.50 bits per heavy atom. The molecule has 4 rings (SSSR count). The van der Waals surface area contributed by atoms with Crippen LogP contribution in [0, 0.1) is 0 Å². The Labute approximate surface area is 162 Å². The van der Waals surface area contributed by atoms with Gasteiger partial charge in [-0.3, -0.25) is 9.80 Å². The number of rotatable bonds is 6. The van der Waals surface area contributed by atoms with Crippen LogP contribution in [0.4, 0.5) is 0 Å². The van der Waals surface area contributed by atoms with Gasteiger partial charge in [0.2, 0.25) is 0 Å². The normalized spacial score (nSPS) is 16.0. The Hall–Kier alpha value is -1.73. The van der Waals surface area contributed by atoms with Gasteiger partial charge in [0.25, 0.3) is 0 Å². The first kappa shape index (κ1) is 17.7. The molecule has 0 radical (unpaired) electrons. The second kappa shape index (κ2) is 8.31. The van der Waals surface area contributed by atoms with Crippen LogP contribution in [0.15, 0.2) is 46.5 Å². The molecule has 1 saturated heterocycles. The molecule has 6 heteroatoms. The summed E-state index contributed by atoms with van der Waals surface area (Å²) in [5.74, 6) is 0.985. The van der Waals surface area contributed by atoms with Crippen molar-refractivity contribution in [3.63, 3.8) is 0 Å². The predicted molar refractivity (Wildman–Crippen MR) is 109 cm³/mol. The van der Waals surface area contributed by atoms with Gasteiger partial charge in [-0.25, -0.2) is 4.98 Å². The Bertz CT molecular complexity index is 823. The van der Waals surface area contributed by atoms with Gasteiger partial charge in [0, 0.05) is 61.2 Å². The zero-order valence-electron chi connectivity index (χ0n) is 14.9. The van der Waals surface area contributed by atoms with E-state index in [0.717, 1.165) is 50.0 Å². The molecule has 0 atom stereocenters. The van der Waals surface area contributed by atoms with Crippen molar-refractivity contribution in [2.75, 3.05) is 33.3 Å². The number of nitrogens with zero attached hydrogens (tertiary/aromatic N) is 3. The Balaban J connectivity index is 1.30. The van der Waals surface area contributed by atoms with Crippen LogP contribution in [0.5, 0.6) is 5.75 Å². The number of para-hydroxylation sites is 1. The van der Waals surface area contributed by atoms with Gasteiger partial charge in [0.15, 0.2) is 0 Å². The largest absolute Gasteiger partial charge is 0.496 e. The standard InChI is InChI=1S/C20H23N3OS2/c1-24-19-5-3-2-4-16(19)12-22-7-9-23(10-8-22)13-18-15-26-20(21-18)17-6-11-25-14-17/h2-6,11,14-15H,7-10,12-13H2,1H3. The molecule has 3 heterocycles. The molecule has 2 aromatic heterocycles. The van der Waals surface area contributed by atoms with Gasteiger partial charge < -0.3 is 4.74 Å². The number of benzene rings is 1. The lowest BCUT2D eigenvalue weighted by atomic mass is 10.1. The van der Waals surface area contributed by atoms with Gasteiger partial charge in [0.1, 0.15) is 10.8 Å². The highest BCUT2D eigenvalue weighted by atomic mass is 32.1. The molecule has 3 aromatic rings. The van der Waals surface area contributed by atoms with E-state index >= 15 is 0 Å². The van der Waals surface area contributed by atoms with Crippen molar-refractivity contribution in [2.45, 2.75) is 13.1 Å². The summed E-state index contributed by atoms with van der Waals surface area (Å²) >= 11 is 3.47. The lowest BCUT2D eigenvalue weighted by molar-refractivity contribution is 0.120. The van der Waals surface area contributed by atoms with Gasteiger partial charge in [-0.15, -0.1) is 11.3 Å². The average Bonchev–Trinajstić information content (AvgIpc) is 3.35. The molecule has 0 unspecified atom stereocenters. The summed E-state index contributed by atoms with van der Waals surface area (Å²) in [6.07, 6.45) is 0.